The summed E-state index contributed by atoms with van der Waals surface area (Å²) in [5.41, 5.74) is 1.68. The van der Waals surface area contributed by atoms with Crippen LogP contribution >= 0.6 is 0 Å². The monoisotopic (exact) mass is 403 g/mol. The highest BCUT2D eigenvalue weighted by Crippen LogP contribution is 2.21. The van der Waals surface area contributed by atoms with Crippen molar-refractivity contribution >= 4 is 18.0 Å². The Kier molecular flexibility index (Phi) is 6.41. The molecule has 7 heteroatoms. The van der Waals surface area contributed by atoms with Crippen molar-refractivity contribution in [1.29, 1.82) is 0 Å². The summed E-state index contributed by atoms with van der Waals surface area (Å²) in [7, 11) is 0. The number of hydrogen-bond acceptors (Lipinski definition) is 4. The Morgan fingerprint density at radius 1 is 1.08 bits per heavy atom. The lowest BCUT2D eigenvalue weighted by Gasteiger charge is -2.11. The van der Waals surface area contributed by atoms with Gasteiger partial charge in [0.2, 0.25) is 0 Å². The maximum atomic E-state index is 12.1. The van der Waals surface area contributed by atoms with Crippen LogP contribution in [0.25, 0.3) is 0 Å². The Hall–Kier alpha value is -2.54. The van der Waals surface area contributed by atoms with E-state index >= 15 is 0 Å². The highest BCUT2D eigenvalue weighted by atomic mass is 79.9. The lowest BCUT2D eigenvalue weighted by atomic mass is 10.1. The molecule has 0 fully saturated rings. The number of carbonyl (C=O) groups excluding carboxylic acids is 2. The van der Waals surface area contributed by atoms with Gasteiger partial charge in [0, 0.05) is 24.1 Å². The van der Waals surface area contributed by atoms with E-state index < -0.39 is 0 Å². The molecule has 0 bridgehead atoms. The summed E-state index contributed by atoms with van der Waals surface area (Å²) in [6.07, 6.45) is 6.56. The van der Waals surface area contributed by atoms with Crippen LogP contribution in [-0.4, -0.2) is 29.7 Å². The molecule has 3 rings (SSSR count). The number of nitrogens with zero attached hydrogens (tertiary/aromatic N) is 3. The summed E-state index contributed by atoms with van der Waals surface area (Å²) in [6, 6.07) is 10.6. The van der Waals surface area contributed by atoms with Crippen LogP contribution in [0.5, 0.6) is 0 Å². The van der Waals surface area contributed by atoms with Gasteiger partial charge in [-0.1, -0.05) is 24.2 Å². The fourth-order valence-corrected chi connectivity index (χ4v) is 2.51. The molecule has 2 heterocycles. The van der Waals surface area contributed by atoms with Crippen molar-refractivity contribution in [3.63, 3.8) is 0 Å². The van der Waals surface area contributed by atoms with E-state index in [9.17, 15) is 9.59 Å². The van der Waals surface area contributed by atoms with Crippen molar-refractivity contribution in [3.05, 3.63) is 65.5 Å². The van der Waals surface area contributed by atoms with E-state index in [2.05, 4.69) is 16.6 Å². The van der Waals surface area contributed by atoms with Gasteiger partial charge in [-0.15, -0.1) is 0 Å². The molecule has 0 saturated heterocycles. The molecule has 25 heavy (non-hydrogen) atoms. The number of hydrogen-bond donors (Lipinski definition) is 0. The molecule has 2 amide bonds. The third-order valence-corrected chi connectivity index (χ3v) is 3.74. The van der Waals surface area contributed by atoms with Gasteiger partial charge in [0.15, 0.2) is 19.1 Å². The van der Waals surface area contributed by atoms with Gasteiger partial charge in [-0.05, 0) is 12.1 Å². The number of halogens is 1. The molecule has 0 saturated carbocycles. The number of aromatic nitrogens is 1. The summed E-state index contributed by atoms with van der Waals surface area (Å²) in [4.78, 5) is 30.4. The minimum absolute atomic E-state index is 0. The van der Waals surface area contributed by atoms with Gasteiger partial charge >= 0.3 is 0 Å². The normalized spacial score (nSPS) is 13.1. The molecule has 0 N–H and O–H groups in total. The van der Waals surface area contributed by atoms with Crippen LogP contribution in [0.3, 0.4) is 0 Å². The number of carbonyl (C=O) groups is 2. The zero-order chi connectivity index (χ0) is 16.9. The summed E-state index contributed by atoms with van der Waals surface area (Å²) >= 11 is 0. The lowest BCUT2D eigenvalue weighted by Crippen LogP contribution is -3.00. The molecule has 0 aliphatic carbocycles. The first-order valence-corrected chi connectivity index (χ1v) is 7.80. The van der Waals surface area contributed by atoms with Crippen molar-refractivity contribution in [2.75, 3.05) is 6.73 Å². The molecular formula is C18H18BrN3O3. The standard InChI is InChI=1S/C18H18N3O3.BrH/c1-2-9-20-10-7-14(8-11-20)12-19-24-13-21-17(22)15-5-3-4-6-16(15)18(21)23;/h3-8,10-12H,2,9,13H2,1H3;1H/q+1;/p-1/b19-12+;. The minimum Gasteiger partial charge on any atom is -1.00 e. The fourth-order valence-electron chi connectivity index (χ4n) is 2.51. The molecule has 0 atom stereocenters. The van der Waals surface area contributed by atoms with Crippen LogP contribution in [0.4, 0.5) is 0 Å². The van der Waals surface area contributed by atoms with E-state index in [-0.39, 0.29) is 35.5 Å². The Morgan fingerprint density at radius 2 is 1.68 bits per heavy atom. The zero-order valence-corrected chi connectivity index (χ0v) is 15.3. The predicted octanol–water partition coefficient (Wildman–Crippen LogP) is -1.01. The maximum Gasteiger partial charge on any atom is 0.264 e. The Bertz CT molecular complexity index is 755. The summed E-state index contributed by atoms with van der Waals surface area (Å²) in [5, 5.41) is 3.83. The quantitative estimate of drug-likeness (QED) is 0.269. The maximum absolute atomic E-state index is 12.1. The molecule has 1 aromatic carbocycles. The van der Waals surface area contributed by atoms with Crippen LogP contribution in [0, 0.1) is 0 Å². The number of aryl methyl sites for hydroxylation is 1. The topological polar surface area (TPSA) is 62.9 Å². The van der Waals surface area contributed by atoms with Crippen LogP contribution in [0.1, 0.15) is 39.6 Å². The van der Waals surface area contributed by atoms with Crippen LogP contribution < -0.4 is 21.5 Å². The number of rotatable bonds is 6. The van der Waals surface area contributed by atoms with Gasteiger partial charge in [-0.2, -0.15) is 0 Å². The third-order valence-electron chi connectivity index (χ3n) is 3.74. The minimum atomic E-state index is -0.355. The second-order valence-corrected chi connectivity index (χ2v) is 5.45. The lowest BCUT2D eigenvalue weighted by molar-refractivity contribution is -0.697. The second kappa shape index (κ2) is 8.53. The summed E-state index contributed by atoms with van der Waals surface area (Å²) in [6.45, 7) is 2.88. The van der Waals surface area contributed by atoms with Crippen molar-refractivity contribution in [2.24, 2.45) is 5.16 Å². The molecule has 6 nitrogen and oxygen atoms in total. The largest absolute Gasteiger partial charge is 1.00 e. The highest BCUT2D eigenvalue weighted by Gasteiger charge is 2.35. The van der Waals surface area contributed by atoms with E-state index in [0.717, 1.165) is 23.4 Å². The highest BCUT2D eigenvalue weighted by molar-refractivity contribution is 6.21. The van der Waals surface area contributed by atoms with E-state index in [1.54, 1.807) is 30.5 Å². The molecule has 0 radical (unpaired) electrons. The molecule has 130 valence electrons. The van der Waals surface area contributed by atoms with Gasteiger partial charge in [0.1, 0.15) is 6.54 Å². The Morgan fingerprint density at radius 3 is 2.24 bits per heavy atom. The Balaban J connectivity index is 0.00000225. The first-order chi connectivity index (χ1) is 11.7. The number of amides is 2. The molecule has 0 spiro atoms. The average Bonchev–Trinajstić information content (AvgIpc) is 2.85. The van der Waals surface area contributed by atoms with Crippen molar-refractivity contribution in [2.45, 2.75) is 19.9 Å². The average molecular weight is 404 g/mol. The number of pyridine rings is 1. The first-order valence-electron chi connectivity index (χ1n) is 7.80. The second-order valence-electron chi connectivity index (χ2n) is 5.45. The molecule has 2 aromatic rings. The van der Waals surface area contributed by atoms with Crippen LogP contribution in [0.2, 0.25) is 0 Å². The third kappa shape index (κ3) is 4.11. The molecule has 1 aromatic heterocycles. The summed E-state index contributed by atoms with van der Waals surface area (Å²) in [5.74, 6) is -0.711. The molecule has 0 unspecified atom stereocenters. The zero-order valence-electron chi connectivity index (χ0n) is 13.8. The van der Waals surface area contributed by atoms with Crippen LogP contribution in [0.15, 0.2) is 53.9 Å². The smallest absolute Gasteiger partial charge is 0.264 e. The van der Waals surface area contributed by atoms with Crippen molar-refractivity contribution < 1.29 is 36.0 Å². The molecule has 1 aliphatic rings. The predicted molar refractivity (Wildman–Crippen MR) is 87.4 cm³/mol. The SMILES string of the molecule is CCC[n+]1ccc(/C=N/OCN2C(=O)c3ccccc3C2=O)cc1.[Br-]. The molecule has 1 aliphatic heterocycles. The summed E-state index contributed by atoms with van der Waals surface area (Å²) < 4.78 is 2.08. The molecular weight excluding hydrogens is 386 g/mol. The number of oxime groups is 1. The number of fused-ring (bicyclic) bond motifs is 1. The van der Waals surface area contributed by atoms with E-state index in [4.69, 9.17) is 4.84 Å². The number of benzene rings is 1. The van der Waals surface area contributed by atoms with E-state index in [1.165, 1.54) is 0 Å². The Labute approximate surface area is 156 Å². The van der Waals surface area contributed by atoms with Crippen molar-refractivity contribution in [1.82, 2.24) is 4.90 Å². The van der Waals surface area contributed by atoms with Gasteiger partial charge in [0.05, 0.1) is 17.3 Å². The van der Waals surface area contributed by atoms with Crippen molar-refractivity contribution in [3.8, 4) is 0 Å². The fraction of sp³-hybridized carbons (Fsp3) is 0.222. The van der Waals surface area contributed by atoms with Gasteiger partial charge in [0.25, 0.3) is 11.8 Å². The van der Waals surface area contributed by atoms with E-state index in [1.807, 2.05) is 24.5 Å². The van der Waals surface area contributed by atoms with Gasteiger partial charge < -0.3 is 21.8 Å². The van der Waals surface area contributed by atoms with Gasteiger partial charge in [-0.3, -0.25) is 9.59 Å². The van der Waals surface area contributed by atoms with E-state index in [0.29, 0.717) is 11.1 Å². The number of imide groups is 1. The first kappa shape index (κ1) is 18.8. The van der Waals surface area contributed by atoms with Crippen LogP contribution in [-0.2, 0) is 11.4 Å². The van der Waals surface area contributed by atoms with Gasteiger partial charge in [-0.25, -0.2) is 9.47 Å².